The van der Waals surface area contributed by atoms with Gasteiger partial charge in [0.25, 0.3) is 0 Å². The highest BCUT2D eigenvalue weighted by Gasteiger charge is 2.48. The van der Waals surface area contributed by atoms with Gasteiger partial charge in [-0.25, -0.2) is 4.79 Å². The molecule has 0 aromatic heterocycles. The summed E-state index contributed by atoms with van der Waals surface area (Å²) >= 11 is 0. The average molecular weight is 345 g/mol. The molecule has 0 aliphatic carbocycles. The maximum atomic E-state index is 13.8. The molecule has 1 aromatic carbocycles. The molecule has 0 unspecified atom stereocenters. The van der Waals surface area contributed by atoms with Crippen molar-refractivity contribution < 1.29 is 40.6 Å². The average Bonchev–Trinajstić information content (AvgIpc) is 2.46. The number of benzene rings is 1. The van der Waals surface area contributed by atoms with E-state index in [0.29, 0.717) is 6.07 Å². The Morgan fingerprint density at radius 2 is 1.87 bits per heavy atom. The minimum atomic E-state index is -4.80. The molecule has 1 aromatic rings. The highest BCUT2D eigenvalue weighted by molar-refractivity contribution is 5.78. The molecule has 1 atom stereocenters. The van der Waals surface area contributed by atoms with Gasteiger partial charge < -0.3 is 15.2 Å². The van der Waals surface area contributed by atoms with Crippen molar-refractivity contribution in [3.05, 3.63) is 29.8 Å². The molecule has 0 spiro atoms. The van der Waals surface area contributed by atoms with Gasteiger partial charge >= 0.3 is 24.4 Å². The summed E-state index contributed by atoms with van der Waals surface area (Å²) in [5, 5.41) is 0. The van der Waals surface area contributed by atoms with E-state index in [1.807, 2.05) is 0 Å². The summed E-state index contributed by atoms with van der Waals surface area (Å²) < 4.78 is 85.2. The third-order valence-corrected chi connectivity index (χ3v) is 2.66. The van der Waals surface area contributed by atoms with Crippen molar-refractivity contribution in [3.63, 3.8) is 0 Å². The van der Waals surface area contributed by atoms with Crippen molar-refractivity contribution in [1.29, 1.82) is 0 Å². The van der Waals surface area contributed by atoms with Crippen LogP contribution in [0.5, 0.6) is 5.75 Å². The van der Waals surface area contributed by atoms with E-state index in [0.717, 1.165) is 18.2 Å². The Hall–Kier alpha value is -1.97. The Morgan fingerprint density at radius 3 is 2.39 bits per heavy atom. The predicted molar refractivity (Wildman–Crippen MR) is 66.5 cm³/mol. The van der Waals surface area contributed by atoms with Gasteiger partial charge in [-0.05, 0) is 24.6 Å². The Morgan fingerprint density at radius 1 is 1.26 bits per heavy atom. The van der Waals surface area contributed by atoms with E-state index in [2.05, 4.69) is 9.47 Å². The lowest BCUT2D eigenvalue weighted by atomic mass is 10.0. The molecular weight excluding hydrogens is 332 g/mol. The summed E-state index contributed by atoms with van der Waals surface area (Å²) in [5.41, 5.74) is 4.79. The SMILES string of the molecule is CCOC(=O)C(F)(F)[C@@H](N)c1cccc(OC(F)(F)C(F)F)c1. The largest absolute Gasteiger partial charge is 0.462 e. The first-order valence-corrected chi connectivity index (χ1v) is 6.28. The van der Waals surface area contributed by atoms with Gasteiger partial charge in [-0.15, -0.1) is 0 Å². The second-order valence-corrected chi connectivity index (χ2v) is 4.36. The molecule has 0 radical (unpaired) electrons. The Labute approximate surface area is 127 Å². The fraction of sp³-hybridized carbons (Fsp3) is 0.462. The molecule has 0 heterocycles. The first-order valence-electron chi connectivity index (χ1n) is 6.28. The fourth-order valence-electron chi connectivity index (χ4n) is 1.54. The highest BCUT2D eigenvalue weighted by Crippen LogP contribution is 2.34. The van der Waals surface area contributed by atoms with E-state index in [1.54, 1.807) is 0 Å². The molecule has 4 nitrogen and oxygen atoms in total. The van der Waals surface area contributed by atoms with Crippen LogP contribution < -0.4 is 10.5 Å². The second-order valence-electron chi connectivity index (χ2n) is 4.36. The van der Waals surface area contributed by atoms with E-state index in [4.69, 9.17) is 5.73 Å². The van der Waals surface area contributed by atoms with Crippen LogP contribution in [0.25, 0.3) is 0 Å². The van der Waals surface area contributed by atoms with Crippen LogP contribution in [0.1, 0.15) is 18.5 Å². The van der Waals surface area contributed by atoms with Crippen molar-refractivity contribution >= 4 is 5.97 Å². The van der Waals surface area contributed by atoms with E-state index in [9.17, 15) is 31.1 Å². The fourth-order valence-corrected chi connectivity index (χ4v) is 1.54. The van der Waals surface area contributed by atoms with Crippen LogP contribution in [0.4, 0.5) is 26.3 Å². The molecule has 0 aliphatic heterocycles. The maximum Gasteiger partial charge on any atom is 0.461 e. The number of hydrogen-bond acceptors (Lipinski definition) is 4. The first kappa shape index (κ1) is 19.1. The van der Waals surface area contributed by atoms with Crippen LogP contribution in [0.15, 0.2) is 24.3 Å². The number of carbonyl (C=O) groups is 1. The summed E-state index contributed by atoms with van der Waals surface area (Å²) in [6, 6.07) is 1.24. The number of carbonyl (C=O) groups excluding carboxylic acids is 1. The van der Waals surface area contributed by atoms with Crippen LogP contribution in [-0.2, 0) is 9.53 Å². The summed E-state index contributed by atoms with van der Waals surface area (Å²) in [7, 11) is 0. The lowest BCUT2D eigenvalue weighted by Crippen LogP contribution is -2.41. The molecule has 0 aliphatic rings. The molecule has 2 N–H and O–H groups in total. The predicted octanol–water partition coefficient (Wildman–Crippen LogP) is 3.12. The minimum Gasteiger partial charge on any atom is -0.462 e. The number of rotatable bonds is 7. The summed E-state index contributed by atoms with van der Waals surface area (Å²) in [5.74, 6) is -6.83. The summed E-state index contributed by atoms with van der Waals surface area (Å²) in [6.07, 6.45) is -8.91. The van der Waals surface area contributed by atoms with Gasteiger partial charge in [0.05, 0.1) is 6.61 Å². The molecule has 0 fully saturated rings. The van der Waals surface area contributed by atoms with Crippen molar-refractivity contribution in [2.24, 2.45) is 5.73 Å². The van der Waals surface area contributed by atoms with Crippen molar-refractivity contribution in [1.82, 2.24) is 0 Å². The number of ether oxygens (including phenoxy) is 2. The third kappa shape index (κ3) is 4.50. The summed E-state index contributed by atoms with van der Waals surface area (Å²) in [4.78, 5) is 11.2. The first-order chi connectivity index (χ1) is 10.5. The number of halogens is 6. The number of nitrogens with two attached hydrogens (primary N) is 1. The molecule has 10 heteroatoms. The molecule has 23 heavy (non-hydrogen) atoms. The molecule has 0 bridgehead atoms. The van der Waals surface area contributed by atoms with Crippen molar-refractivity contribution in [3.8, 4) is 5.75 Å². The molecule has 0 saturated carbocycles. The number of alkyl halides is 6. The van der Waals surface area contributed by atoms with Crippen LogP contribution in [0, 0.1) is 0 Å². The zero-order valence-electron chi connectivity index (χ0n) is 11.7. The Balaban J connectivity index is 3.02. The molecule has 1 rings (SSSR count). The van der Waals surface area contributed by atoms with Gasteiger partial charge in [0, 0.05) is 0 Å². The van der Waals surface area contributed by atoms with Gasteiger partial charge in [-0.2, -0.15) is 26.3 Å². The minimum absolute atomic E-state index is 0.315. The van der Waals surface area contributed by atoms with Crippen LogP contribution >= 0.6 is 0 Å². The molecular formula is C13H13F6NO3. The number of hydrogen-bond donors (Lipinski definition) is 1. The third-order valence-electron chi connectivity index (χ3n) is 2.66. The summed E-state index contributed by atoms with van der Waals surface area (Å²) in [6.45, 7) is 0.991. The topological polar surface area (TPSA) is 61.5 Å². The smallest absolute Gasteiger partial charge is 0.461 e. The zero-order chi connectivity index (χ0) is 17.8. The number of esters is 1. The lowest BCUT2D eigenvalue weighted by Gasteiger charge is -2.23. The van der Waals surface area contributed by atoms with Crippen LogP contribution in [0.2, 0.25) is 0 Å². The van der Waals surface area contributed by atoms with Gasteiger partial charge in [-0.3, -0.25) is 0 Å². The van der Waals surface area contributed by atoms with Crippen LogP contribution in [-0.4, -0.2) is 31.0 Å². The van der Waals surface area contributed by atoms with E-state index in [-0.39, 0.29) is 6.61 Å². The molecule has 0 saturated heterocycles. The molecule has 130 valence electrons. The quantitative estimate of drug-likeness (QED) is 0.609. The van der Waals surface area contributed by atoms with Gasteiger partial charge in [-0.1, -0.05) is 12.1 Å². The van der Waals surface area contributed by atoms with E-state index in [1.165, 1.54) is 6.92 Å². The lowest BCUT2D eigenvalue weighted by molar-refractivity contribution is -0.253. The van der Waals surface area contributed by atoms with Gasteiger partial charge in [0.15, 0.2) is 0 Å². The van der Waals surface area contributed by atoms with Crippen molar-refractivity contribution in [2.45, 2.75) is 31.4 Å². The monoisotopic (exact) mass is 345 g/mol. The van der Waals surface area contributed by atoms with Crippen LogP contribution in [0.3, 0.4) is 0 Å². The Kier molecular flexibility index (Phi) is 5.86. The molecule has 0 amide bonds. The maximum absolute atomic E-state index is 13.8. The van der Waals surface area contributed by atoms with Gasteiger partial charge in [0.1, 0.15) is 11.8 Å². The van der Waals surface area contributed by atoms with E-state index >= 15 is 0 Å². The van der Waals surface area contributed by atoms with Crippen molar-refractivity contribution in [2.75, 3.05) is 6.61 Å². The normalized spacial score (nSPS) is 13.8. The second kappa shape index (κ2) is 7.07. The van der Waals surface area contributed by atoms with E-state index < -0.39 is 41.8 Å². The standard InChI is InChI=1S/C13H13F6NO3/c1-2-22-11(21)12(16,17)9(20)7-4-3-5-8(6-7)23-13(18,19)10(14)15/h3-6,9-10H,2,20H2,1H3/t9-/m0/s1. The zero-order valence-corrected chi connectivity index (χ0v) is 11.7. The Bertz CT molecular complexity index is 552. The van der Waals surface area contributed by atoms with Gasteiger partial charge in [0.2, 0.25) is 0 Å². The highest BCUT2D eigenvalue weighted by atomic mass is 19.3.